The van der Waals surface area contributed by atoms with E-state index in [0.717, 1.165) is 57.8 Å². The molecule has 3 N–H and O–H groups in total. The van der Waals surface area contributed by atoms with Gasteiger partial charge in [-0.15, -0.1) is 0 Å². The lowest BCUT2D eigenvalue weighted by Gasteiger charge is -2.10. The van der Waals surface area contributed by atoms with Gasteiger partial charge in [-0.3, -0.25) is 0 Å². The Morgan fingerprint density at radius 1 is 0.348 bits per heavy atom. The van der Waals surface area contributed by atoms with Gasteiger partial charge < -0.3 is 15.3 Å². The molecule has 0 fully saturated rings. The molecule has 0 radical (unpaired) electrons. The van der Waals surface area contributed by atoms with Crippen LogP contribution in [-0.2, 0) is 32.1 Å². The third kappa shape index (κ3) is 16.3. The predicted molar refractivity (Wildman–Crippen MR) is 193 cm³/mol. The van der Waals surface area contributed by atoms with Crippen LogP contribution in [0.2, 0.25) is 0 Å². The first-order chi connectivity index (χ1) is 22.5. The van der Waals surface area contributed by atoms with Crippen LogP contribution in [0.15, 0.2) is 152 Å². The molecule has 5 aromatic rings. The molecule has 5 aromatic carbocycles. The molecule has 242 valence electrons. The van der Waals surface area contributed by atoms with Crippen LogP contribution in [0, 0.1) is 0 Å². The van der Waals surface area contributed by atoms with Gasteiger partial charge in [-0.2, -0.15) is 0 Å². The average Bonchev–Trinajstić information content (AvgIpc) is 3.11. The van der Waals surface area contributed by atoms with Crippen LogP contribution < -0.4 is 0 Å². The smallest absolute Gasteiger partial charge is 0.0620 e. The zero-order chi connectivity index (χ0) is 32.7. The molecule has 0 aliphatic heterocycles. The summed E-state index contributed by atoms with van der Waals surface area (Å²) >= 11 is 0. The second-order valence-corrected chi connectivity index (χ2v) is 11.8. The summed E-state index contributed by atoms with van der Waals surface area (Å²) < 4.78 is 0. The first kappa shape index (κ1) is 36.4. The molecular weight excluding hydrogens is 564 g/mol. The second-order valence-electron chi connectivity index (χ2n) is 11.8. The van der Waals surface area contributed by atoms with E-state index in [1.165, 1.54) is 27.8 Å². The minimum Gasteiger partial charge on any atom is -0.393 e. The molecule has 0 aliphatic rings. The summed E-state index contributed by atoms with van der Waals surface area (Å²) in [6.45, 7) is 2.01. The Kier molecular flexibility index (Phi) is 17.8. The second kappa shape index (κ2) is 22.5. The Hall–Kier alpha value is -4.02. The standard InChI is InChI=1S/C17H20O.C15H16O.C11H16O/c18-17(13-11-15-7-3-1-4-8-15)14-12-16-9-5-2-6-10-16;16-15(11-13-7-3-1-4-8-13)12-14-9-5-2-6-10-14;1-2-11(12)9-8-10-6-4-3-5-7-10/h1-10,17-18H,11-14H2;1-10,15-16H,11-12H2;3-7,11-12H,2,8-9H2,1H3. The minimum atomic E-state index is -0.301. The van der Waals surface area contributed by atoms with E-state index in [-0.39, 0.29) is 18.3 Å². The normalized spacial score (nSPS) is 11.3. The number of rotatable bonds is 14. The largest absolute Gasteiger partial charge is 0.393 e. The maximum Gasteiger partial charge on any atom is 0.0620 e. The molecule has 0 aromatic heterocycles. The topological polar surface area (TPSA) is 60.7 Å². The van der Waals surface area contributed by atoms with Gasteiger partial charge in [-0.25, -0.2) is 0 Å². The molecule has 0 spiro atoms. The number of hydrogen-bond donors (Lipinski definition) is 3. The van der Waals surface area contributed by atoms with Crippen molar-refractivity contribution in [2.24, 2.45) is 0 Å². The van der Waals surface area contributed by atoms with Crippen molar-refractivity contribution in [2.45, 2.75) is 83.0 Å². The van der Waals surface area contributed by atoms with Gasteiger partial charge in [0.05, 0.1) is 18.3 Å². The summed E-state index contributed by atoms with van der Waals surface area (Å²) in [6, 6.07) is 51.2. The Morgan fingerprint density at radius 3 is 0.891 bits per heavy atom. The van der Waals surface area contributed by atoms with Crippen molar-refractivity contribution in [3.8, 4) is 0 Å². The maximum atomic E-state index is 9.97. The van der Waals surface area contributed by atoms with E-state index in [2.05, 4.69) is 36.4 Å². The molecule has 5 rings (SSSR count). The zero-order valence-electron chi connectivity index (χ0n) is 27.4. The highest BCUT2D eigenvalue weighted by molar-refractivity contribution is 5.19. The van der Waals surface area contributed by atoms with Crippen LogP contribution in [-0.4, -0.2) is 33.6 Å². The molecule has 0 aliphatic carbocycles. The lowest BCUT2D eigenvalue weighted by molar-refractivity contribution is 0.155. The summed E-state index contributed by atoms with van der Waals surface area (Å²) in [6.07, 6.45) is 7.11. The van der Waals surface area contributed by atoms with Crippen LogP contribution in [0.25, 0.3) is 0 Å². The van der Waals surface area contributed by atoms with Crippen LogP contribution in [0.1, 0.15) is 60.4 Å². The summed E-state index contributed by atoms with van der Waals surface area (Å²) in [5.41, 5.74) is 6.29. The molecular formula is C43H52O3. The molecule has 3 nitrogen and oxygen atoms in total. The number of benzene rings is 5. The van der Waals surface area contributed by atoms with Crippen molar-refractivity contribution in [1.29, 1.82) is 0 Å². The van der Waals surface area contributed by atoms with E-state index in [0.29, 0.717) is 0 Å². The third-order valence-electron chi connectivity index (χ3n) is 7.93. The number of aliphatic hydroxyl groups is 3. The SMILES string of the molecule is CCC(O)CCc1ccccc1.OC(CCc1ccccc1)CCc1ccccc1.OC(Cc1ccccc1)Cc1ccccc1. The monoisotopic (exact) mass is 616 g/mol. The Morgan fingerprint density at radius 2 is 0.609 bits per heavy atom. The van der Waals surface area contributed by atoms with Gasteiger partial charge in [0, 0.05) is 0 Å². The molecule has 0 heterocycles. The van der Waals surface area contributed by atoms with Crippen LogP contribution >= 0.6 is 0 Å². The third-order valence-corrected chi connectivity index (χ3v) is 7.93. The van der Waals surface area contributed by atoms with Gasteiger partial charge in [0.2, 0.25) is 0 Å². The van der Waals surface area contributed by atoms with Gasteiger partial charge in [0.1, 0.15) is 0 Å². The predicted octanol–water partition coefficient (Wildman–Crippen LogP) is 8.84. The molecule has 1 atom stereocenters. The highest BCUT2D eigenvalue weighted by atomic mass is 16.3. The van der Waals surface area contributed by atoms with Crippen molar-refractivity contribution in [3.05, 3.63) is 179 Å². The van der Waals surface area contributed by atoms with Crippen molar-refractivity contribution in [1.82, 2.24) is 0 Å². The molecule has 0 saturated carbocycles. The number of hydrogen-bond acceptors (Lipinski definition) is 3. The van der Waals surface area contributed by atoms with Gasteiger partial charge in [-0.1, -0.05) is 159 Å². The Balaban J connectivity index is 0.000000192. The van der Waals surface area contributed by atoms with E-state index in [9.17, 15) is 15.3 Å². The fraction of sp³-hybridized carbons (Fsp3) is 0.302. The summed E-state index contributed by atoms with van der Waals surface area (Å²) in [5, 5.41) is 29.2. The van der Waals surface area contributed by atoms with Gasteiger partial charge in [0.25, 0.3) is 0 Å². The molecule has 0 saturated heterocycles. The molecule has 3 heteroatoms. The molecule has 0 bridgehead atoms. The summed E-state index contributed by atoms with van der Waals surface area (Å²) in [5.74, 6) is 0. The fourth-order valence-electron chi connectivity index (χ4n) is 5.13. The van der Waals surface area contributed by atoms with E-state index in [4.69, 9.17) is 0 Å². The van der Waals surface area contributed by atoms with Crippen LogP contribution in [0.3, 0.4) is 0 Å². The van der Waals surface area contributed by atoms with Gasteiger partial charge in [0.15, 0.2) is 0 Å². The van der Waals surface area contributed by atoms with Crippen molar-refractivity contribution in [3.63, 3.8) is 0 Å². The van der Waals surface area contributed by atoms with E-state index in [1.807, 2.05) is 122 Å². The first-order valence-electron chi connectivity index (χ1n) is 16.8. The lowest BCUT2D eigenvalue weighted by Crippen LogP contribution is -2.13. The highest BCUT2D eigenvalue weighted by Gasteiger charge is 2.07. The van der Waals surface area contributed by atoms with Crippen molar-refractivity contribution < 1.29 is 15.3 Å². The zero-order valence-corrected chi connectivity index (χ0v) is 27.4. The van der Waals surface area contributed by atoms with Gasteiger partial charge in [-0.05, 0) is 85.6 Å². The molecule has 1 unspecified atom stereocenters. The fourth-order valence-corrected chi connectivity index (χ4v) is 5.13. The Bertz CT molecular complexity index is 1310. The summed E-state index contributed by atoms with van der Waals surface area (Å²) in [4.78, 5) is 0. The first-order valence-corrected chi connectivity index (χ1v) is 16.8. The maximum absolute atomic E-state index is 9.97. The van der Waals surface area contributed by atoms with Crippen molar-refractivity contribution in [2.75, 3.05) is 0 Å². The highest BCUT2D eigenvalue weighted by Crippen LogP contribution is 2.11. The number of aliphatic hydroxyl groups excluding tert-OH is 3. The van der Waals surface area contributed by atoms with Crippen molar-refractivity contribution >= 4 is 0 Å². The molecule has 0 amide bonds. The van der Waals surface area contributed by atoms with E-state index >= 15 is 0 Å². The Labute approximate surface area is 277 Å². The summed E-state index contributed by atoms with van der Waals surface area (Å²) in [7, 11) is 0. The lowest BCUT2D eigenvalue weighted by atomic mass is 10.0. The van der Waals surface area contributed by atoms with Gasteiger partial charge >= 0.3 is 0 Å². The minimum absolute atomic E-state index is 0.134. The van der Waals surface area contributed by atoms with Crippen LogP contribution in [0.4, 0.5) is 0 Å². The average molecular weight is 617 g/mol. The number of aryl methyl sites for hydroxylation is 3. The molecule has 46 heavy (non-hydrogen) atoms. The quantitative estimate of drug-likeness (QED) is 0.117. The van der Waals surface area contributed by atoms with E-state index < -0.39 is 0 Å². The van der Waals surface area contributed by atoms with E-state index in [1.54, 1.807) is 0 Å². The van der Waals surface area contributed by atoms with Crippen LogP contribution in [0.5, 0.6) is 0 Å².